The SMILES string of the molecule is NCC(O)CN[C@@H]1C[C@H](N)C([C@H]2O[C@H](CNCC3CC(N)C3)[C@@H](O)C[C@H]2N)[C@H](O)[C@H]1O[C@H]1OC[C@@H](O)[C@H](N)[C@H]1O. The monoisotopic (exact) mass is 577 g/mol. The molecule has 2 aliphatic heterocycles. The van der Waals surface area contributed by atoms with Crippen LogP contribution >= 0.6 is 0 Å². The van der Waals surface area contributed by atoms with E-state index in [0.29, 0.717) is 18.9 Å². The minimum absolute atomic E-state index is 0.0374. The van der Waals surface area contributed by atoms with Crippen molar-refractivity contribution >= 4 is 0 Å². The minimum Gasteiger partial charge on any atom is -0.390 e. The maximum Gasteiger partial charge on any atom is 0.185 e. The van der Waals surface area contributed by atoms with Gasteiger partial charge in [0, 0.05) is 49.7 Å². The number of hydrogen-bond acceptors (Lipinski definition) is 15. The molecule has 2 aliphatic carbocycles. The van der Waals surface area contributed by atoms with Crippen LogP contribution in [0.2, 0.25) is 0 Å². The highest BCUT2D eigenvalue weighted by atomic mass is 16.7. The Hall–Kier alpha value is -0.600. The van der Waals surface area contributed by atoms with Crippen LogP contribution in [0.25, 0.3) is 0 Å². The van der Waals surface area contributed by atoms with Crippen LogP contribution in [0.5, 0.6) is 0 Å². The Kier molecular flexibility index (Phi) is 11.5. The van der Waals surface area contributed by atoms with Gasteiger partial charge in [0.25, 0.3) is 0 Å². The maximum atomic E-state index is 11.7. The van der Waals surface area contributed by atoms with E-state index in [9.17, 15) is 25.5 Å². The number of ether oxygens (including phenoxy) is 3. The van der Waals surface area contributed by atoms with Gasteiger partial charge < -0.3 is 79.0 Å². The molecule has 0 aromatic carbocycles. The van der Waals surface area contributed by atoms with Crippen molar-refractivity contribution in [2.75, 3.05) is 32.8 Å². The quantitative estimate of drug-likeness (QED) is 0.109. The molecular weight excluding hydrogens is 526 g/mol. The standard InChI is InChI=1S/C25H51N7O8/c26-5-12(33)7-32-15-3-13(28)19(21(36)24(15)40-25-22(37)20(30)17(35)9-38-25)23-14(29)4-16(34)18(39-23)8-31-6-10-1-11(27)2-10/h10-25,31-37H,1-9,26-30H2/t10?,11?,12?,13-,14+,15+,16-,17+,18+,19?,20-,21-,22+,23-,24-,25+/m0/s1. The summed E-state index contributed by atoms with van der Waals surface area (Å²) < 4.78 is 17.9. The minimum atomic E-state index is -1.34. The Balaban J connectivity index is 1.46. The predicted octanol–water partition coefficient (Wildman–Crippen LogP) is -6.06. The molecule has 14 atom stereocenters. The lowest BCUT2D eigenvalue weighted by Crippen LogP contribution is -2.69. The molecule has 2 unspecified atom stereocenters. The van der Waals surface area contributed by atoms with Crippen molar-refractivity contribution < 1.29 is 39.7 Å². The van der Waals surface area contributed by atoms with Gasteiger partial charge in [-0.3, -0.25) is 0 Å². The van der Waals surface area contributed by atoms with Crippen molar-refractivity contribution in [2.24, 2.45) is 40.5 Å². The highest BCUT2D eigenvalue weighted by Gasteiger charge is 2.52. The average Bonchev–Trinajstić information content (AvgIpc) is 2.89. The fourth-order valence-corrected chi connectivity index (χ4v) is 6.47. The first-order valence-corrected chi connectivity index (χ1v) is 14.5. The van der Waals surface area contributed by atoms with Gasteiger partial charge in [0.2, 0.25) is 0 Å². The molecule has 4 fully saturated rings. The summed E-state index contributed by atoms with van der Waals surface area (Å²) in [7, 11) is 0. The molecule has 0 amide bonds. The molecule has 4 aliphatic rings. The molecule has 40 heavy (non-hydrogen) atoms. The van der Waals surface area contributed by atoms with Gasteiger partial charge in [0.05, 0.1) is 49.3 Å². The van der Waals surface area contributed by atoms with Crippen LogP contribution in [0.3, 0.4) is 0 Å². The second-order valence-electron chi connectivity index (χ2n) is 12.2. The lowest BCUT2D eigenvalue weighted by molar-refractivity contribution is -0.283. The number of aliphatic hydroxyl groups is 5. The molecule has 15 nitrogen and oxygen atoms in total. The Labute approximate surface area is 235 Å². The van der Waals surface area contributed by atoms with E-state index in [1.165, 1.54) is 0 Å². The first kappa shape index (κ1) is 32.3. The third-order valence-electron chi connectivity index (χ3n) is 9.00. The Morgan fingerprint density at radius 3 is 2.30 bits per heavy atom. The van der Waals surface area contributed by atoms with Gasteiger partial charge in [-0.15, -0.1) is 0 Å². The van der Waals surface area contributed by atoms with E-state index >= 15 is 0 Å². The normalized spacial score (nSPS) is 48.9. The van der Waals surface area contributed by atoms with Gasteiger partial charge in [0.15, 0.2) is 6.29 Å². The number of aliphatic hydroxyl groups excluding tert-OH is 5. The van der Waals surface area contributed by atoms with Gasteiger partial charge >= 0.3 is 0 Å². The largest absolute Gasteiger partial charge is 0.390 e. The summed E-state index contributed by atoms with van der Waals surface area (Å²) in [5.41, 5.74) is 30.4. The molecule has 0 aromatic rings. The molecule has 0 radical (unpaired) electrons. The lowest BCUT2D eigenvalue weighted by Gasteiger charge is -2.51. The van der Waals surface area contributed by atoms with E-state index in [-0.39, 0.29) is 32.2 Å². The second-order valence-corrected chi connectivity index (χ2v) is 12.2. The summed E-state index contributed by atoms with van der Waals surface area (Å²) in [6, 6.07) is -2.44. The van der Waals surface area contributed by atoms with Crippen molar-refractivity contribution in [3.05, 3.63) is 0 Å². The van der Waals surface area contributed by atoms with Crippen molar-refractivity contribution in [2.45, 2.75) is 111 Å². The van der Waals surface area contributed by atoms with Gasteiger partial charge in [-0.05, 0) is 38.1 Å². The summed E-state index contributed by atoms with van der Waals surface area (Å²) in [4.78, 5) is 0. The summed E-state index contributed by atoms with van der Waals surface area (Å²) >= 11 is 0. The fraction of sp³-hybridized carbons (Fsp3) is 1.00. The van der Waals surface area contributed by atoms with Crippen LogP contribution in [-0.4, -0.2) is 144 Å². The molecule has 234 valence electrons. The molecular formula is C25H51N7O8. The Bertz CT molecular complexity index is 785. The summed E-state index contributed by atoms with van der Waals surface area (Å²) in [5, 5.41) is 59.5. The molecule has 2 saturated carbocycles. The highest BCUT2D eigenvalue weighted by molar-refractivity contribution is 5.06. The van der Waals surface area contributed by atoms with E-state index in [0.717, 1.165) is 19.4 Å². The van der Waals surface area contributed by atoms with E-state index in [1.807, 2.05) is 0 Å². The molecule has 4 rings (SSSR count). The van der Waals surface area contributed by atoms with E-state index in [2.05, 4.69) is 10.6 Å². The number of nitrogens with one attached hydrogen (secondary N) is 2. The van der Waals surface area contributed by atoms with Crippen molar-refractivity contribution in [1.82, 2.24) is 10.6 Å². The third kappa shape index (κ3) is 7.48. The van der Waals surface area contributed by atoms with Crippen LogP contribution in [0.15, 0.2) is 0 Å². The molecule has 2 heterocycles. The smallest absolute Gasteiger partial charge is 0.185 e. The van der Waals surface area contributed by atoms with Crippen molar-refractivity contribution in [3.63, 3.8) is 0 Å². The fourth-order valence-electron chi connectivity index (χ4n) is 6.47. The Morgan fingerprint density at radius 2 is 1.62 bits per heavy atom. The zero-order valence-electron chi connectivity index (χ0n) is 22.9. The molecule has 0 aromatic heterocycles. The topological polar surface area (TPSA) is 283 Å². The number of rotatable bonds is 11. The molecule has 0 bridgehead atoms. The van der Waals surface area contributed by atoms with Gasteiger partial charge in [-0.2, -0.15) is 0 Å². The zero-order chi connectivity index (χ0) is 29.1. The third-order valence-corrected chi connectivity index (χ3v) is 9.00. The molecule has 0 spiro atoms. The number of hydrogen-bond donors (Lipinski definition) is 12. The van der Waals surface area contributed by atoms with E-state index < -0.39 is 85.2 Å². The van der Waals surface area contributed by atoms with Gasteiger partial charge in [-0.1, -0.05) is 0 Å². The Morgan fingerprint density at radius 1 is 0.900 bits per heavy atom. The predicted molar refractivity (Wildman–Crippen MR) is 144 cm³/mol. The van der Waals surface area contributed by atoms with Crippen LogP contribution in [0, 0.1) is 11.8 Å². The van der Waals surface area contributed by atoms with Crippen molar-refractivity contribution in [1.29, 1.82) is 0 Å². The van der Waals surface area contributed by atoms with E-state index in [1.54, 1.807) is 0 Å². The van der Waals surface area contributed by atoms with Gasteiger partial charge in [-0.25, -0.2) is 0 Å². The van der Waals surface area contributed by atoms with Crippen LogP contribution in [0.4, 0.5) is 0 Å². The lowest BCUT2D eigenvalue weighted by atomic mass is 9.72. The summed E-state index contributed by atoms with van der Waals surface area (Å²) in [6.45, 7) is 1.21. The van der Waals surface area contributed by atoms with Gasteiger partial charge in [0.1, 0.15) is 12.2 Å². The van der Waals surface area contributed by atoms with Crippen LogP contribution < -0.4 is 39.3 Å². The highest BCUT2D eigenvalue weighted by Crippen LogP contribution is 2.36. The van der Waals surface area contributed by atoms with E-state index in [4.69, 9.17) is 42.9 Å². The summed E-state index contributed by atoms with van der Waals surface area (Å²) in [5.74, 6) is -0.161. The molecule has 2 saturated heterocycles. The maximum absolute atomic E-state index is 11.7. The zero-order valence-corrected chi connectivity index (χ0v) is 22.9. The molecule has 17 N–H and O–H groups in total. The summed E-state index contributed by atoms with van der Waals surface area (Å²) in [6.07, 6.45) is -6.09. The average molecular weight is 578 g/mol. The molecule has 15 heteroatoms. The first-order chi connectivity index (χ1) is 19.0. The van der Waals surface area contributed by atoms with Crippen LogP contribution in [-0.2, 0) is 14.2 Å². The second kappa shape index (κ2) is 14.2. The first-order valence-electron chi connectivity index (χ1n) is 14.5. The number of nitrogens with two attached hydrogens (primary N) is 5. The van der Waals surface area contributed by atoms with Crippen molar-refractivity contribution in [3.8, 4) is 0 Å². The van der Waals surface area contributed by atoms with Crippen LogP contribution in [0.1, 0.15) is 25.7 Å².